The molecule has 180 valence electrons. The molecule has 4 heterocycles. The number of ether oxygens (including phenoxy) is 1. The standard InChI is InChI=1S/C27H24N6O2S/c1-35-24-5-3-2-4-21(24)32-27(34)33-12-9-17(10-13-33)23-15-19-20(8-11-28-26(19)31-23)30-18-6-7-22-25(14-18)36-16-29-22/h2-9,11,14-16H,10,12-13H2,1H3,(H,32,34)(H2,28,30,31). The van der Waals surface area contributed by atoms with Crippen molar-refractivity contribution in [1.82, 2.24) is 19.9 Å². The number of nitrogens with one attached hydrogen (secondary N) is 3. The van der Waals surface area contributed by atoms with Gasteiger partial charge in [0.15, 0.2) is 0 Å². The smallest absolute Gasteiger partial charge is 0.322 e. The summed E-state index contributed by atoms with van der Waals surface area (Å²) in [6, 6.07) is 17.6. The molecule has 1 aliphatic rings. The first-order chi connectivity index (χ1) is 17.7. The van der Waals surface area contributed by atoms with Crippen molar-refractivity contribution in [2.24, 2.45) is 0 Å². The van der Waals surface area contributed by atoms with Gasteiger partial charge in [0, 0.05) is 36.1 Å². The first-order valence-corrected chi connectivity index (χ1v) is 12.5. The van der Waals surface area contributed by atoms with E-state index in [1.807, 2.05) is 48.0 Å². The fourth-order valence-electron chi connectivity index (χ4n) is 4.44. The maximum absolute atomic E-state index is 12.8. The number of thiazole rings is 1. The fourth-order valence-corrected chi connectivity index (χ4v) is 5.15. The third-order valence-electron chi connectivity index (χ3n) is 6.33. The van der Waals surface area contributed by atoms with Crippen LogP contribution in [0, 0.1) is 0 Å². The molecule has 0 aliphatic carbocycles. The number of carbonyl (C=O) groups excluding carboxylic acids is 1. The minimum atomic E-state index is -0.141. The van der Waals surface area contributed by atoms with E-state index in [2.05, 4.69) is 43.8 Å². The molecule has 0 saturated carbocycles. The Labute approximate surface area is 211 Å². The Bertz CT molecular complexity index is 1600. The molecule has 0 unspecified atom stereocenters. The minimum absolute atomic E-state index is 0.141. The van der Waals surface area contributed by atoms with Crippen molar-refractivity contribution >= 4 is 61.3 Å². The van der Waals surface area contributed by atoms with Gasteiger partial charge >= 0.3 is 6.03 Å². The number of aromatic nitrogens is 3. The molecule has 6 rings (SSSR count). The molecular weight excluding hydrogens is 472 g/mol. The summed E-state index contributed by atoms with van der Waals surface area (Å²) in [5, 5.41) is 7.50. The lowest BCUT2D eigenvalue weighted by molar-refractivity contribution is 0.217. The largest absolute Gasteiger partial charge is 0.495 e. The molecule has 3 aromatic heterocycles. The molecule has 0 fully saturated rings. The summed E-state index contributed by atoms with van der Waals surface area (Å²) in [6.07, 6.45) is 4.65. The second kappa shape index (κ2) is 9.35. The first-order valence-electron chi connectivity index (χ1n) is 11.6. The molecule has 36 heavy (non-hydrogen) atoms. The molecule has 9 heteroatoms. The predicted molar refractivity (Wildman–Crippen MR) is 145 cm³/mol. The van der Waals surface area contributed by atoms with Crippen molar-refractivity contribution in [3.63, 3.8) is 0 Å². The number of hydrogen-bond acceptors (Lipinski definition) is 6. The number of methoxy groups -OCH3 is 1. The average Bonchev–Trinajstić information content (AvgIpc) is 3.56. The summed E-state index contributed by atoms with van der Waals surface area (Å²) in [7, 11) is 1.59. The number of hydrogen-bond donors (Lipinski definition) is 3. The van der Waals surface area contributed by atoms with Gasteiger partial charge in [-0.2, -0.15) is 0 Å². The van der Waals surface area contributed by atoms with E-state index in [9.17, 15) is 4.79 Å². The predicted octanol–water partition coefficient (Wildman–Crippen LogP) is 6.25. The number of carbonyl (C=O) groups is 1. The number of benzene rings is 2. The zero-order valence-corrected chi connectivity index (χ0v) is 20.4. The minimum Gasteiger partial charge on any atom is -0.495 e. The van der Waals surface area contributed by atoms with Gasteiger partial charge in [0.25, 0.3) is 0 Å². The maximum atomic E-state index is 12.8. The highest BCUT2D eigenvalue weighted by molar-refractivity contribution is 7.16. The summed E-state index contributed by atoms with van der Waals surface area (Å²) in [5.74, 6) is 0.640. The van der Waals surface area contributed by atoms with Crippen molar-refractivity contribution in [3.8, 4) is 5.75 Å². The molecule has 3 N–H and O–H groups in total. The van der Waals surface area contributed by atoms with Crippen LogP contribution in [-0.4, -0.2) is 46.1 Å². The number of para-hydroxylation sites is 2. The highest BCUT2D eigenvalue weighted by Gasteiger charge is 2.20. The quantitative estimate of drug-likeness (QED) is 0.267. The van der Waals surface area contributed by atoms with Crippen LogP contribution in [0.4, 0.5) is 21.9 Å². The van der Waals surface area contributed by atoms with E-state index >= 15 is 0 Å². The van der Waals surface area contributed by atoms with Gasteiger partial charge in [-0.05, 0) is 54.5 Å². The van der Waals surface area contributed by atoms with Crippen molar-refractivity contribution in [3.05, 3.63) is 78.1 Å². The Hall–Kier alpha value is -4.37. The molecule has 0 radical (unpaired) electrons. The number of aromatic amines is 1. The van der Waals surface area contributed by atoms with E-state index in [4.69, 9.17) is 4.74 Å². The summed E-state index contributed by atoms with van der Waals surface area (Å²) in [4.78, 5) is 26.9. The summed E-state index contributed by atoms with van der Waals surface area (Å²) >= 11 is 1.63. The lowest BCUT2D eigenvalue weighted by Crippen LogP contribution is -2.38. The van der Waals surface area contributed by atoms with Gasteiger partial charge in [0.1, 0.15) is 11.4 Å². The molecule has 0 saturated heterocycles. The lowest BCUT2D eigenvalue weighted by Gasteiger charge is -2.26. The van der Waals surface area contributed by atoms with Crippen molar-refractivity contribution in [1.29, 1.82) is 0 Å². The van der Waals surface area contributed by atoms with Crippen LogP contribution in [0.15, 0.2) is 72.4 Å². The van der Waals surface area contributed by atoms with Crippen LogP contribution < -0.4 is 15.4 Å². The zero-order chi connectivity index (χ0) is 24.5. The Morgan fingerprint density at radius 2 is 2.03 bits per heavy atom. The van der Waals surface area contributed by atoms with Gasteiger partial charge in [-0.15, -0.1) is 11.3 Å². The molecule has 5 aromatic rings. The molecule has 8 nitrogen and oxygen atoms in total. The van der Waals surface area contributed by atoms with Crippen LogP contribution >= 0.6 is 11.3 Å². The molecule has 0 atom stereocenters. The van der Waals surface area contributed by atoms with Gasteiger partial charge in [0.05, 0.1) is 34.2 Å². The highest BCUT2D eigenvalue weighted by atomic mass is 32.1. The van der Waals surface area contributed by atoms with Gasteiger partial charge in [-0.25, -0.2) is 14.8 Å². The Kier molecular flexibility index (Phi) is 5.74. The van der Waals surface area contributed by atoms with Gasteiger partial charge in [-0.3, -0.25) is 0 Å². The van der Waals surface area contributed by atoms with Gasteiger partial charge in [-0.1, -0.05) is 18.2 Å². The molecule has 1 aliphatic heterocycles. The Morgan fingerprint density at radius 3 is 2.89 bits per heavy atom. The van der Waals surface area contributed by atoms with Crippen molar-refractivity contribution in [2.75, 3.05) is 30.8 Å². The molecule has 2 amide bonds. The molecule has 0 bridgehead atoms. The number of urea groups is 1. The molecule has 0 spiro atoms. The molecule has 2 aromatic carbocycles. The maximum Gasteiger partial charge on any atom is 0.322 e. The van der Waals surface area contributed by atoms with Crippen LogP contribution in [0.5, 0.6) is 5.75 Å². The first kappa shape index (κ1) is 22.1. The number of H-pyrrole nitrogens is 1. The van der Waals surface area contributed by atoms with Crippen LogP contribution in [-0.2, 0) is 0 Å². The van der Waals surface area contributed by atoms with Crippen molar-refractivity contribution in [2.45, 2.75) is 6.42 Å². The SMILES string of the molecule is COc1ccccc1NC(=O)N1CC=C(c2cc3c(Nc4ccc5ncsc5c4)ccnc3[nH]2)CC1. The van der Waals surface area contributed by atoms with Crippen LogP contribution in [0.2, 0.25) is 0 Å². The third-order valence-corrected chi connectivity index (χ3v) is 7.12. The summed E-state index contributed by atoms with van der Waals surface area (Å²) in [6.45, 7) is 1.15. The number of rotatable bonds is 5. The number of pyridine rings is 1. The number of fused-ring (bicyclic) bond motifs is 2. The van der Waals surface area contributed by atoms with Crippen LogP contribution in [0.1, 0.15) is 12.1 Å². The van der Waals surface area contributed by atoms with Gasteiger partial charge < -0.3 is 25.3 Å². The topological polar surface area (TPSA) is 95.2 Å². The number of amides is 2. The average molecular weight is 497 g/mol. The normalized spacial score (nSPS) is 13.6. The summed E-state index contributed by atoms with van der Waals surface area (Å²) < 4.78 is 6.48. The highest BCUT2D eigenvalue weighted by Crippen LogP contribution is 2.32. The van der Waals surface area contributed by atoms with Crippen LogP contribution in [0.25, 0.3) is 26.8 Å². The third kappa shape index (κ3) is 4.25. The van der Waals surface area contributed by atoms with Crippen LogP contribution in [0.3, 0.4) is 0 Å². The fraction of sp³-hybridized carbons (Fsp3) is 0.148. The summed E-state index contributed by atoms with van der Waals surface area (Å²) in [5.41, 5.74) is 8.54. The number of anilines is 3. The van der Waals surface area contributed by atoms with E-state index in [0.29, 0.717) is 24.5 Å². The van der Waals surface area contributed by atoms with E-state index < -0.39 is 0 Å². The molecular formula is C27H24N6O2S. The van der Waals surface area contributed by atoms with E-state index in [-0.39, 0.29) is 6.03 Å². The lowest BCUT2D eigenvalue weighted by atomic mass is 10.0. The van der Waals surface area contributed by atoms with E-state index in [1.165, 1.54) is 5.57 Å². The monoisotopic (exact) mass is 496 g/mol. The second-order valence-corrected chi connectivity index (χ2v) is 9.41. The second-order valence-electron chi connectivity index (χ2n) is 8.52. The zero-order valence-electron chi connectivity index (χ0n) is 19.6. The van der Waals surface area contributed by atoms with E-state index in [0.717, 1.165) is 44.7 Å². The van der Waals surface area contributed by atoms with Crippen molar-refractivity contribution < 1.29 is 9.53 Å². The number of nitrogens with zero attached hydrogens (tertiary/aromatic N) is 3. The Morgan fingerprint density at radius 1 is 1.11 bits per heavy atom. The Balaban J connectivity index is 1.19. The van der Waals surface area contributed by atoms with Gasteiger partial charge in [0.2, 0.25) is 0 Å². The van der Waals surface area contributed by atoms with E-state index in [1.54, 1.807) is 29.5 Å².